The molecule has 1 heterocycles. The van der Waals surface area contributed by atoms with Crippen LogP contribution >= 0.6 is 0 Å². The summed E-state index contributed by atoms with van der Waals surface area (Å²) in [6.07, 6.45) is 0.536. The Bertz CT molecular complexity index is 206. The van der Waals surface area contributed by atoms with Gasteiger partial charge in [0.1, 0.15) is 5.54 Å². The number of amides is 1. The van der Waals surface area contributed by atoms with E-state index < -0.39 is 5.54 Å². The Kier molecular flexibility index (Phi) is 2.93. The molecule has 0 radical (unpaired) electrons. The highest BCUT2D eigenvalue weighted by atomic mass is 16.5. The zero-order chi connectivity index (χ0) is 10.1. The van der Waals surface area contributed by atoms with Gasteiger partial charge in [0.15, 0.2) is 0 Å². The van der Waals surface area contributed by atoms with Crippen molar-refractivity contribution in [1.82, 2.24) is 5.32 Å². The maximum absolute atomic E-state index is 11.3. The molecule has 3 N–H and O–H groups in total. The smallest absolute Gasteiger partial charge is 0.240 e. The average molecular weight is 186 g/mol. The second-order valence-electron chi connectivity index (χ2n) is 3.90. The van der Waals surface area contributed by atoms with E-state index in [1.165, 1.54) is 0 Å². The first-order chi connectivity index (χ1) is 5.99. The second kappa shape index (κ2) is 3.64. The molecule has 0 aromatic rings. The Morgan fingerprint density at radius 2 is 2.31 bits per heavy atom. The van der Waals surface area contributed by atoms with E-state index in [2.05, 4.69) is 5.32 Å². The molecule has 0 bridgehead atoms. The minimum Gasteiger partial charge on any atom is -0.376 e. The van der Waals surface area contributed by atoms with Gasteiger partial charge in [-0.2, -0.15) is 0 Å². The minimum absolute atomic E-state index is 0.132. The fourth-order valence-corrected chi connectivity index (χ4v) is 1.84. The average Bonchev–Trinajstić information content (AvgIpc) is 2.32. The zero-order valence-corrected chi connectivity index (χ0v) is 8.46. The van der Waals surface area contributed by atoms with Gasteiger partial charge in [0.25, 0.3) is 0 Å². The van der Waals surface area contributed by atoms with Crippen LogP contribution in [0.2, 0.25) is 0 Å². The first kappa shape index (κ1) is 10.5. The lowest BCUT2D eigenvalue weighted by molar-refractivity contribution is -0.126. The summed E-state index contributed by atoms with van der Waals surface area (Å²) in [4.78, 5) is 11.3. The van der Waals surface area contributed by atoms with Gasteiger partial charge in [-0.25, -0.2) is 0 Å². The van der Waals surface area contributed by atoms with E-state index >= 15 is 0 Å². The molecule has 0 aromatic carbocycles. The SMILES string of the molecule is CC(C)NC1(C(N)=O)CCOC1C. The van der Waals surface area contributed by atoms with Crippen LogP contribution < -0.4 is 11.1 Å². The zero-order valence-electron chi connectivity index (χ0n) is 8.46. The summed E-state index contributed by atoms with van der Waals surface area (Å²) >= 11 is 0. The molecule has 1 saturated heterocycles. The third-order valence-electron chi connectivity index (χ3n) is 2.54. The fourth-order valence-electron chi connectivity index (χ4n) is 1.84. The van der Waals surface area contributed by atoms with Crippen LogP contribution in [0.15, 0.2) is 0 Å². The van der Waals surface area contributed by atoms with E-state index in [-0.39, 0.29) is 18.1 Å². The largest absolute Gasteiger partial charge is 0.376 e. The Morgan fingerprint density at radius 3 is 2.62 bits per heavy atom. The molecular formula is C9H18N2O2. The molecule has 76 valence electrons. The van der Waals surface area contributed by atoms with Crippen molar-refractivity contribution in [2.75, 3.05) is 6.61 Å². The number of carbonyl (C=O) groups is 1. The van der Waals surface area contributed by atoms with Gasteiger partial charge in [-0.15, -0.1) is 0 Å². The molecule has 13 heavy (non-hydrogen) atoms. The van der Waals surface area contributed by atoms with E-state index in [1.54, 1.807) is 0 Å². The van der Waals surface area contributed by atoms with Gasteiger partial charge >= 0.3 is 0 Å². The van der Waals surface area contributed by atoms with Gasteiger partial charge in [-0.05, 0) is 20.8 Å². The lowest BCUT2D eigenvalue weighted by Gasteiger charge is -2.31. The van der Waals surface area contributed by atoms with Crippen molar-refractivity contribution in [3.8, 4) is 0 Å². The highest BCUT2D eigenvalue weighted by molar-refractivity contribution is 5.85. The number of nitrogens with one attached hydrogen (secondary N) is 1. The van der Waals surface area contributed by atoms with E-state index in [9.17, 15) is 4.79 Å². The molecule has 1 fully saturated rings. The first-order valence-corrected chi connectivity index (χ1v) is 4.68. The van der Waals surface area contributed by atoms with Crippen molar-refractivity contribution in [2.45, 2.75) is 44.9 Å². The van der Waals surface area contributed by atoms with E-state index in [0.29, 0.717) is 13.0 Å². The van der Waals surface area contributed by atoms with Gasteiger partial charge in [0.05, 0.1) is 6.10 Å². The Labute approximate surface area is 78.8 Å². The van der Waals surface area contributed by atoms with E-state index in [0.717, 1.165) is 0 Å². The van der Waals surface area contributed by atoms with Crippen LogP contribution in [0.3, 0.4) is 0 Å². The molecular weight excluding hydrogens is 168 g/mol. The molecule has 1 aliphatic heterocycles. The highest BCUT2D eigenvalue weighted by Crippen LogP contribution is 2.25. The number of primary amides is 1. The first-order valence-electron chi connectivity index (χ1n) is 4.68. The summed E-state index contributed by atoms with van der Waals surface area (Å²) in [7, 11) is 0. The quantitative estimate of drug-likeness (QED) is 0.653. The molecule has 0 spiro atoms. The molecule has 1 aliphatic rings. The molecule has 2 atom stereocenters. The highest BCUT2D eigenvalue weighted by Gasteiger charge is 2.46. The van der Waals surface area contributed by atoms with Gasteiger partial charge in [0.2, 0.25) is 5.91 Å². The molecule has 4 nitrogen and oxygen atoms in total. The fraction of sp³-hybridized carbons (Fsp3) is 0.889. The van der Waals surface area contributed by atoms with Crippen molar-refractivity contribution in [2.24, 2.45) is 5.73 Å². The third-order valence-corrected chi connectivity index (χ3v) is 2.54. The Hall–Kier alpha value is -0.610. The second-order valence-corrected chi connectivity index (χ2v) is 3.90. The topological polar surface area (TPSA) is 64.3 Å². The van der Waals surface area contributed by atoms with Crippen LogP contribution in [0.5, 0.6) is 0 Å². The monoisotopic (exact) mass is 186 g/mol. The maximum atomic E-state index is 11.3. The predicted molar refractivity (Wildman–Crippen MR) is 50.2 cm³/mol. The summed E-state index contributed by atoms with van der Waals surface area (Å²) in [5.74, 6) is -0.314. The Balaban J connectivity index is 2.80. The summed E-state index contributed by atoms with van der Waals surface area (Å²) < 4.78 is 5.37. The van der Waals surface area contributed by atoms with Gasteiger partial charge in [0, 0.05) is 19.1 Å². The van der Waals surface area contributed by atoms with E-state index in [4.69, 9.17) is 10.5 Å². The van der Waals surface area contributed by atoms with Gasteiger partial charge in [-0.1, -0.05) is 0 Å². The molecule has 4 heteroatoms. The molecule has 0 aromatic heterocycles. The number of hydrogen-bond acceptors (Lipinski definition) is 3. The van der Waals surface area contributed by atoms with Crippen LogP contribution in [0.4, 0.5) is 0 Å². The van der Waals surface area contributed by atoms with Gasteiger partial charge < -0.3 is 10.5 Å². The molecule has 1 amide bonds. The number of ether oxygens (including phenoxy) is 1. The summed E-state index contributed by atoms with van der Waals surface area (Å²) in [5, 5.41) is 3.20. The minimum atomic E-state index is -0.659. The van der Waals surface area contributed by atoms with E-state index in [1.807, 2.05) is 20.8 Å². The molecule has 2 unspecified atom stereocenters. The van der Waals surface area contributed by atoms with Crippen molar-refractivity contribution in [3.63, 3.8) is 0 Å². The summed E-state index contributed by atoms with van der Waals surface area (Å²) in [6.45, 7) is 6.47. The lowest BCUT2D eigenvalue weighted by Crippen LogP contribution is -2.61. The predicted octanol–water partition coefficient (Wildman–Crippen LogP) is 0.0173. The normalized spacial score (nSPS) is 34.0. The lowest BCUT2D eigenvalue weighted by atomic mass is 9.90. The van der Waals surface area contributed by atoms with Crippen LogP contribution in [-0.2, 0) is 9.53 Å². The molecule has 1 rings (SSSR count). The van der Waals surface area contributed by atoms with Crippen LogP contribution in [-0.4, -0.2) is 30.2 Å². The van der Waals surface area contributed by atoms with Gasteiger partial charge in [-0.3, -0.25) is 10.1 Å². The number of carbonyl (C=O) groups excluding carboxylic acids is 1. The van der Waals surface area contributed by atoms with Crippen molar-refractivity contribution >= 4 is 5.91 Å². The molecule has 0 aliphatic carbocycles. The number of rotatable bonds is 3. The van der Waals surface area contributed by atoms with Crippen molar-refractivity contribution in [3.05, 3.63) is 0 Å². The van der Waals surface area contributed by atoms with Crippen LogP contribution in [0.1, 0.15) is 27.2 Å². The van der Waals surface area contributed by atoms with Crippen molar-refractivity contribution < 1.29 is 9.53 Å². The molecule has 0 saturated carbocycles. The van der Waals surface area contributed by atoms with Crippen LogP contribution in [0.25, 0.3) is 0 Å². The summed E-state index contributed by atoms with van der Waals surface area (Å²) in [6, 6.07) is 0.233. The van der Waals surface area contributed by atoms with Crippen molar-refractivity contribution in [1.29, 1.82) is 0 Å². The summed E-state index contributed by atoms with van der Waals surface area (Å²) in [5.41, 5.74) is 4.73. The maximum Gasteiger partial charge on any atom is 0.240 e. The third kappa shape index (κ3) is 1.84. The van der Waals surface area contributed by atoms with Crippen LogP contribution in [0, 0.1) is 0 Å². The number of nitrogens with two attached hydrogens (primary N) is 1. The standard InChI is InChI=1S/C9H18N2O2/c1-6(2)11-9(8(10)12)4-5-13-7(9)3/h6-7,11H,4-5H2,1-3H3,(H2,10,12). The number of hydrogen-bond donors (Lipinski definition) is 2. The Morgan fingerprint density at radius 1 is 1.69 bits per heavy atom.